The van der Waals surface area contributed by atoms with Crippen LogP contribution in [0.3, 0.4) is 0 Å². The van der Waals surface area contributed by atoms with Crippen molar-refractivity contribution in [3.8, 4) is 33.5 Å². The number of aliphatic hydroxyl groups excluding tert-OH is 1. The molecular formula is C29H31FN4O5S. The largest absolute Gasteiger partial charge is 0.493 e. The molecule has 0 saturated heterocycles. The highest BCUT2D eigenvalue weighted by Crippen LogP contribution is 2.33. The normalized spacial score (nSPS) is 11.8. The fourth-order valence-electron chi connectivity index (χ4n) is 4.27. The van der Waals surface area contributed by atoms with Crippen LogP contribution in [0.25, 0.3) is 22.0 Å². The Morgan fingerprint density at radius 1 is 1.07 bits per heavy atom. The van der Waals surface area contributed by atoms with Crippen LogP contribution < -0.4 is 14.8 Å². The lowest BCUT2D eigenvalue weighted by Gasteiger charge is -2.30. The van der Waals surface area contributed by atoms with E-state index in [9.17, 15) is 19.1 Å². The van der Waals surface area contributed by atoms with Crippen LogP contribution in [0.5, 0.6) is 11.5 Å². The second kappa shape index (κ2) is 12.8. The van der Waals surface area contributed by atoms with Gasteiger partial charge in [-0.05, 0) is 43.7 Å². The molecule has 1 atom stereocenters. The van der Waals surface area contributed by atoms with Gasteiger partial charge in [0.05, 0.1) is 37.3 Å². The minimum Gasteiger partial charge on any atom is -0.493 e. The molecule has 1 unspecified atom stereocenters. The highest BCUT2D eigenvalue weighted by Gasteiger charge is 2.30. The lowest BCUT2D eigenvalue weighted by molar-refractivity contribution is -0.138. The van der Waals surface area contributed by atoms with Crippen molar-refractivity contribution >= 4 is 29.0 Å². The van der Waals surface area contributed by atoms with Crippen LogP contribution in [-0.4, -0.2) is 65.2 Å². The Morgan fingerprint density at radius 3 is 2.40 bits per heavy atom. The number of nitrogens with one attached hydrogen (secondary N) is 2. The summed E-state index contributed by atoms with van der Waals surface area (Å²) in [7, 11) is 3.00. The molecule has 0 spiro atoms. The summed E-state index contributed by atoms with van der Waals surface area (Å²) in [6.45, 7) is 2.85. The van der Waals surface area contributed by atoms with Crippen molar-refractivity contribution < 1.29 is 28.6 Å². The Hall–Kier alpha value is -4.22. The van der Waals surface area contributed by atoms with E-state index < -0.39 is 24.3 Å². The van der Waals surface area contributed by atoms with Crippen LogP contribution in [-0.2, 0) is 9.59 Å². The van der Waals surface area contributed by atoms with Crippen molar-refractivity contribution in [3.05, 3.63) is 71.4 Å². The van der Waals surface area contributed by atoms with Gasteiger partial charge >= 0.3 is 0 Å². The van der Waals surface area contributed by atoms with Crippen molar-refractivity contribution in [1.82, 2.24) is 14.9 Å². The molecule has 0 saturated carbocycles. The second-order valence-corrected chi connectivity index (χ2v) is 10.3. The van der Waals surface area contributed by atoms with Gasteiger partial charge in [0.1, 0.15) is 6.54 Å². The minimum atomic E-state index is -0.916. The number of methoxy groups -OCH3 is 2. The van der Waals surface area contributed by atoms with Gasteiger partial charge in [0.2, 0.25) is 11.8 Å². The Kier molecular flexibility index (Phi) is 9.18. The van der Waals surface area contributed by atoms with Crippen molar-refractivity contribution in [1.29, 1.82) is 0 Å². The molecule has 0 bridgehead atoms. The number of aromatic nitrogens is 2. The van der Waals surface area contributed by atoms with Crippen molar-refractivity contribution in [2.24, 2.45) is 0 Å². The number of thiophene rings is 1. The number of nitrogens with zero attached hydrogens (tertiary/aromatic N) is 2. The van der Waals surface area contributed by atoms with Gasteiger partial charge in [-0.3, -0.25) is 9.59 Å². The third-order valence-electron chi connectivity index (χ3n) is 6.34. The first-order chi connectivity index (χ1) is 19.2. The van der Waals surface area contributed by atoms with Gasteiger partial charge in [-0.15, -0.1) is 11.3 Å². The maximum absolute atomic E-state index is 13.7. The molecule has 0 aliphatic carbocycles. The molecule has 0 aliphatic rings. The SMILES string of the molecule is COc1ccc(C(CO)C(=O)N(CC(=O)Nc2nc(-c3ccc(F)s3)[nH]c2-c2ccccc2)C(C)C)cc1OC. The van der Waals surface area contributed by atoms with Crippen molar-refractivity contribution in [3.63, 3.8) is 0 Å². The van der Waals surface area contributed by atoms with Crippen LogP contribution in [0.1, 0.15) is 25.3 Å². The zero-order valence-electron chi connectivity index (χ0n) is 22.6. The lowest BCUT2D eigenvalue weighted by atomic mass is 9.97. The number of aromatic amines is 1. The number of benzene rings is 2. The van der Waals surface area contributed by atoms with E-state index in [-0.39, 0.29) is 23.5 Å². The molecule has 2 heterocycles. The van der Waals surface area contributed by atoms with E-state index in [1.54, 1.807) is 38.1 Å². The highest BCUT2D eigenvalue weighted by molar-refractivity contribution is 7.13. The quantitative estimate of drug-likeness (QED) is 0.238. The summed E-state index contributed by atoms with van der Waals surface area (Å²) in [6.07, 6.45) is 0. The number of amides is 2. The van der Waals surface area contributed by atoms with Gasteiger partial charge in [0, 0.05) is 11.6 Å². The number of anilines is 1. The summed E-state index contributed by atoms with van der Waals surface area (Å²) in [5.41, 5.74) is 1.86. The third-order valence-corrected chi connectivity index (χ3v) is 7.22. The zero-order chi connectivity index (χ0) is 28.8. The predicted octanol–water partition coefficient (Wildman–Crippen LogP) is 4.91. The van der Waals surface area contributed by atoms with E-state index in [4.69, 9.17) is 9.47 Å². The van der Waals surface area contributed by atoms with Crippen molar-refractivity contribution in [2.45, 2.75) is 25.8 Å². The van der Waals surface area contributed by atoms with E-state index in [2.05, 4.69) is 15.3 Å². The van der Waals surface area contributed by atoms with Gasteiger partial charge in [0.25, 0.3) is 0 Å². The van der Waals surface area contributed by atoms with Gasteiger partial charge in [-0.25, -0.2) is 4.98 Å². The monoisotopic (exact) mass is 566 g/mol. The number of rotatable bonds is 11. The average Bonchev–Trinajstić information content (AvgIpc) is 3.58. The average molecular weight is 567 g/mol. The number of carbonyl (C=O) groups excluding carboxylic acids is 2. The van der Waals surface area contributed by atoms with E-state index in [0.717, 1.165) is 16.9 Å². The van der Waals surface area contributed by atoms with Gasteiger partial charge in [-0.1, -0.05) is 36.4 Å². The summed E-state index contributed by atoms with van der Waals surface area (Å²) >= 11 is 0.937. The topological polar surface area (TPSA) is 117 Å². The van der Waals surface area contributed by atoms with Crippen LogP contribution in [0.15, 0.2) is 60.7 Å². The molecule has 2 aromatic heterocycles. The molecule has 9 nitrogen and oxygen atoms in total. The Morgan fingerprint density at radius 2 is 1.80 bits per heavy atom. The van der Waals surface area contributed by atoms with Gasteiger partial charge in [-0.2, -0.15) is 4.39 Å². The first-order valence-electron chi connectivity index (χ1n) is 12.6. The molecule has 0 fully saturated rings. The number of imidazole rings is 1. The second-order valence-electron chi connectivity index (χ2n) is 9.24. The Balaban J connectivity index is 1.58. The fourth-order valence-corrected chi connectivity index (χ4v) is 4.95. The van der Waals surface area contributed by atoms with E-state index in [0.29, 0.717) is 33.5 Å². The first kappa shape index (κ1) is 28.8. The minimum absolute atomic E-state index is 0.259. The van der Waals surface area contributed by atoms with E-state index in [1.165, 1.54) is 25.2 Å². The predicted molar refractivity (Wildman–Crippen MR) is 152 cm³/mol. The third kappa shape index (κ3) is 6.32. The molecule has 40 heavy (non-hydrogen) atoms. The lowest BCUT2D eigenvalue weighted by Crippen LogP contribution is -2.45. The standard InChI is InChI=1S/C29H31FN4O5S/c1-17(2)34(29(37)20(16-35)19-10-11-21(38-3)22(14-19)39-4)15-25(36)31-28-26(18-8-6-5-7-9-18)32-27(33-28)23-12-13-24(30)40-23/h5-14,17,20,35H,15-16H2,1-4H3,(H,31,36)(H,32,33). The van der Waals surface area contributed by atoms with Crippen LogP contribution in [0.4, 0.5) is 10.2 Å². The maximum atomic E-state index is 13.7. The van der Waals surface area contributed by atoms with Gasteiger partial charge < -0.3 is 29.8 Å². The van der Waals surface area contributed by atoms with E-state index in [1.807, 2.05) is 30.3 Å². The van der Waals surface area contributed by atoms with Crippen molar-refractivity contribution in [2.75, 3.05) is 32.7 Å². The van der Waals surface area contributed by atoms with Crippen LogP contribution in [0, 0.1) is 5.13 Å². The number of hydrogen-bond donors (Lipinski definition) is 3. The molecule has 3 N–H and O–H groups in total. The molecule has 4 rings (SSSR count). The molecule has 0 aliphatic heterocycles. The molecule has 210 valence electrons. The summed E-state index contributed by atoms with van der Waals surface area (Å²) in [6, 6.07) is 16.9. The molecule has 2 amide bonds. The molecule has 4 aromatic rings. The van der Waals surface area contributed by atoms with E-state index >= 15 is 0 Å². The molecule has 0 radical (unpaired) electrons. The number of H-pyrrole nitrogens is 1. The fraction of sp³-hybridized carbons (Fsp3) is 0.276. The Bertz CT molecular complexity index is 1470. The zero-order valence-corrected chi connectivity index (χ0v) is 23.4. The first-order valence-corrected chi connectivity index (χ1v) is 13.4. The number of hydrogen-bond acceptors (Lipinski definition) is 7. The molecular weight excluding hydrogens is 535 g/mol. The number of ether oxygens (including phenoxy) is 2. The Labute approximate surface area is 235 Å². The summed E-state index contributed by atoms with van der Waals surface area (Å²) in [5, 5.41) is 12.6. The number of aliphatic hydroxyl groups is 1. The smallest absolute Gasteiger partial charge is 0.245 e. The molecule has 2 aromatic carbocycles. The molecule has 11 heteroatoms. The van der Waals surface area contributed by atoms with Crippen LogP contribution >= 0.6 is 11.3 Å². The maximum Gasteiger partial charge on any atom is 0.245 e. The number of carbonyl (C=O) groups is 2. The number of halogens is 1. The highest BCUT2D eigenvalue weighted by atomic mass is 32.1. The summed E-state index contributed by atoms with van der Waals surface area (Å²) < 4.78 is 24.3. The summed E-state index contributed by atoms with van der Waals surface area (Å²) in [4.78, 5) is 36.6. The van der Waals surface area contributed by atoms with Crippen LogP contribution in [0.2, 0.25) is 0 Å². The van der Waals surface area contributed by atoms with Gasteiger partial charge in [0.15, 0.2) is 28.3 Å². The summed E-state index contributed by atoms with van der Waals surface area (Å²) in [5.74, 6) is -0.218.